The first-order valence-electron chi connectivity index (χ1n) is 8.23. The van der Waals surface area contributed by atoms with Crippen molar-refractivity contribution in [2.45, 2.75) is 31.7 Å². The second-order valence-electron chi connectivity index (χ2n) is 6.43. The van der Waals surface area contributed by atoms with E-state index < -0.39 is 6.36 Å². The van der Waals surface area contributed by atoms with Crippen molar-refractivity contribution in [1.82, 2.24) is 10.2 Å². The molecule has 2 N–H and O–H groups in total. The molecule has 1 aliphatic rings. The van der Waals surface area contributed by atoms with Gasteiger partial charge in [-0.05, 0) is 63.0 Å². The van der Waals surface area contributed by atoms with Crippen LogP contribution in [0, 0.1) is 5.92 Å². The van der Waals surface area contributed by atoms with E-state index >= 15 is 0 Å². The van der Waals surface area contributed by atoms with Gasteiger partial charge in [0, 0.05) is 19.2 Å². The molecule has 0 amide bonds. The monoisotopic (exact) mass is 346 g/mol. The second-order valence-corrected chi connectivity index (χ2v) is 6.43. The minimum absolute atomic E-state index is 0.0408. The Labute approximate surface area is 140 Å². The predicted molar refractivity (Wildman–Crippen MR) is 85.9 cm³/mol. The zero-order valence-electron chi connectivity index (χ0n) is 13.9. The van der Waals surface area contributed by atoms with Crippen LogP contribution in [0.3, 0.4) is 0 Å². The molecule has 0 bridgehead atoms. The summed E-state index contributed by atoms with van der Waals surface area (Å²) in [5, 5.41) is 13.0. The van der Waals surface area contributed by atoms with Gasteiger partial charge in [0.2, 0.25) is 0 Å². The summed E-state index contributed by atoms with van der Waals surface area (Å²) < 4.78 is 40.3. The first-order chi connectivity index (χ1) is 11.4. The number of likely N-dealkylation sites (tertiary alicyclic amines) is 1. The Bertz CT molecular complexity index is 486. The van der Waals surface area contributed by atoms with Gasteiger partial charge in [-0.15, -0.1) is 13.2 Å². The first kappa shape index (κ1) is 19.0. The van der Waals surface area contributed by atoms with Gasteiger partial charge >= 0.3 is 6.36 Å². The number of aliphatic hydroxyl groups excluding tert-OH is 1. The minimum Gasteiger partial charge on any atom is -0.406 e. The molecule has 0 radical (unpaired) electrons. The van der Waals surface area contributed by atoms with E-state index in [2.05, 4.69) is 22.0 Å². The van der Waals surface area contributed by atoms with Gasteiger partial charge in [0.1, 0.15) is 5.75 Å². The fourth-order valence-corrected chi connectivity index (χ4v) is 2.91. The van der Waals surface area contributed by atoms with E-state index in [1.165, 1.54) is 12.1 Å². The van der Waals surface area contributed by atoms with Gasteiger partial charge in [0.25, 0.3) is 0 Å². The van der Waals surface area contributed by atoms with Gasteiger partial charge in [0.05, 0.1) is 0 Å². The van der Waals surface area contributed by atoms with Gasteiger partial charge in [-0.25, -0.2) is 0 Å². The molecule has 2 rings (SSSR count). The maximum Gasteiger partial charge on any atom is 0.573 e. The Morgan fingerprint density at radius 2 is 1.88 bits per heavy atom. The summed E-state index contributed by atoms with van der Waals surface area (Å²) in [4.78, 5) is 2.30. The Morgan fingerprint density at radius 3 is 2.42 bits per heavy atom. The van der Waals surface area contributed by atoms with Crippen LogP contribution in [0.5, 0.6) is 5.75 Å². The number of nitrogens with one attached hydrogen (secondary N) is 1. The average Bonchev–Trinajstić information content (AvgIpc) is 2.53. The highest BCUT2D eigenvalue weighted by molar-refractivity contribution is 5.27. The SMILES string of the molecule is CN1CCC(NCC(CO)Cc2ccc(OC(F)(F)F)cc2)CC1. The molecule has 1 aliphatic heterocycles. The molecule has 1 fully saturated rings. The molecule has 1 unspecified atom stereocenters. The van der Waals surface area contributed by atoms with Crippen LogP contribution in [0.1, 0.15) is 18.4 Å². The van der Waals surface area contributed by atoms with Crippen molar-refractivity contribution in [3.63, 3.8) is 0 Å². The van der Waals surface area contributed by atoms with Crippen molar-refractivity contribution in [2.75, 3.05) is 33.3 Å². The Hall–Kier alpha value is -1.31. The molecule has 0 saturated carbocycles. The van der Waals surface area contributed by atoms with E-state index in [9.17, 15) is 18.3 Å². The third kappa shape index (κ3) is 6.67. The van der Waals surface area contributed by atoms with Crippen LogP contribution in [0.25, 0.3) is 0 Å². The highest BCUT2D eigenvalue weighted by Crippen LogP contribution is 2.23. The largest absolute Gasteiger partial charge is 0.573 e. The van der Waals surface area contributed by atoms with E-state index in [-0.39, 0.29) is 18.3 Å². The number of hydrogen-bond donors (Lipinski definition) is 2. The average molecular weight is 346 g/mol. The van der Waals surface area contributed by atoms with Crippen molar-refractivity contribution in [3.8, 4) is 5.75 Å². The van der Waals surface area contributed by atoms with E-state index in [1.54, 1.807) is 12.1 Å². The topological polar surface area (TPSA) is 44.7 Å². The number of aliphatic hydroxyl groups is 1. The lowest BCUT2D eigenvalue weighted by Crippen LogP contribution is -2.43. The third-order valence-electron chi connectivity index (χ3n) is 4.35. The van der Waals surface area contributed by atoms with Crippen LogP contribution < -0.4 is 10.1 Å². The molecule has 7 heteroatoms. The first-order valence-corrected chi connectivity index (χ1v) is 8.23. The number of ether oxygens (including phenoxy) is 1. The van der Waals surface area contributed by atoms with Crippen LogP contribution in [0.2, 0.25) is 0 Å². The molecule has 1 saturated heterocycles. The summed E-state index contributed by atoms with van der Waals surface area (Å²) in [6, 6.07) is 6.31. The summed E-state index contributed by atoms with van der Waals surface area (Å²) in [6.45, 7) is 2.89. The number of hydrogen-bond acceptors (Lipinski definition) is 4. The third-order valence-corrected chi connectivity index (χ3v) is 4.35. The number of halogens is 3. The molecular weight excluding hydrogens is 321 g/mol. The maximum atomic E-state index is 12.1. The van der Waals surface area contributed by atoms with Crippen LogP contribution in [0.15, 0.2) is 24.3 Å². The molecule has 0 aromatic heterocycles. The highest BCUT2D eigenvalue weighted by atomic mass is 19.4. The van der Waals surface area contributed by atoms with Gasteiger partial charge in [-0.2, -0.15) is 0 Å². The standard InChI is InChI=1S/C17H25F3N2O2/c1-22-8-6-15(7-9-22)21-11-14(12-23)10-13-2-4-16(5-3-13)24-17(18,19)20/h2-5,14-15,21,23H,6-12H2,1H3. The van der Waals surface area contributed by atoms with Gasteiger partial charge in [-0.3, -0.25) is 0 Å². The molecule has 1 aromatic carbocycles. The number of nitrogens with zero attached hydrogens (tertiary/aromatic N) is 1. The molecule has 1 atom stereocenters. The van der Waals surface area contributed by atoms with Gasteiger partial charge in [0.15, 0.2) is 0 Å². The molecule has 1 aromatic rings. The van der Waals surface area contributed by atoms with E-state index in [1.807, 2.05) is 0 Å². The van der Waals surface area contributed by atoms with Crippen LogP contribution in [0.4, 0.5) is 13.2 Å². The number of rotatable bonds is 7. The fraction of sp³-hybridized carbons (Fsp3) is 0.647. The zero-order chi connectivity index (χ0) is 17.6. The van der Waals surface area contributed by atoms with E-state index in [0.717, 1.165) is 31.5 Å². The molecule has 136 valence electrons. The quantitative estimate of drug-likeness (QED) is 0.796. The minimum atomic E-state index is -4.67. The Kier molecular flexibility index (Phi) is 6.89. The maximum absolute atomic E-state index is 12.1. The van der Waals surface area contributed by atoms with Crippen molar-refractivity contribution in [3.05, 3.63) is 29.8 Å². The number of alkyl halides is 3. The van der Waals surface area contributed by atoms with Crippen molar-refractivity contribution in [2.24, 2.45) is 5.92 Å². The smallest absolute Gasteiger partial charge is 0.406 e. The van der Waals surface area contributed by atoms with Gasteiger partial charge < -0.3 is 20.1 Å². The fourth-order valence-electron chi connectivity index (χ4n) is 2.91. The van der Waals surface area contributed by atoms with E-state index in [4.69, 9.17) is 0 Å². The summed E-state index contributed by atoms with van der Waals surface area (Å²) in [5.41, 5.74) is 0.883. The molecule has 4 nitrogen and oxygen atoms in total. The summed E-state index contributed by atoms with van der Waals surface area (Å²) in [7, 11) is 2.11. The summed E-state index contributed by atoms with van der Waals surface area (Å²) in [5.74, 6) is -0.185. The highest BCUT2D eigenvalue weighted by Gasteiger charge is 2.31. The van der Waals surface area contributed by atoms with Crippen molar-refractivity contribution < 1.29 is 23.0 Å². The zero-order valence-corrected chi connectivity index (χ0v) is 13.9. The Balaban J connectivity index is 1.79. The van der Waals surface area contributed by atoms with Crippen molar-refractivity contribution >= 4 is 0 Å². The summed E-state index contributed by atoms with van der Waals surface area (Å²) in [6.07, 6.45) is -1.87. The number of benzene rings is 1. The summed E-state index contributed by atoms with van der Waals surface area (Å²) >= 11 is 0. The second kappa shape index (κ2) is 8.69. The van der Waals surface area contributed by atoms with Crippen LogP contribution in [-0.2, 0) is 6.42 Å². The molecule has 1 heterocycles. The lowest BCUT2D eigenvalue weighted by atomic mass is 9.98. The lowest BCUT2D eigenvalue weighted by molar-refractivity contribution is -0.274. The molecule has 0 aliphatic carbocycles. The Morgan fingerprint density at radius 1 is 1.25 bits per heavy atom. The van der Waals surface area contributed by atoms with Crippen LogP contribution >= 0.6 is 0 Å². The van der Waals surface area contributed by atoms with Crippen molar-refractivity contribution in [1.29, 1.82) is 0 Å². The number of piperidine rings is 1. The lowest BCUT2D eigenvalue weighted by Gasteiger charge is -2.30. The van der Waals surface area contributed by atoms with Gasteiger partial charge in [-0.1, -0.05) is 12.1 Å². The normalized spacial score (nSPS) is 18.5. The van der Waals surface area contributed by atoms with Crippen LogP contribution in [-0.4, -0.2) is 55.7 Å². The molecule has 24 heavy (non-hydrogen) atoms. The predicted octanol–water partition coefficient (Wildman–Crippen LogP) is 2.42. The molecular formula is C17H25F3N2O2. The molecule has 0 spiro atoms. The van der Waals surface area contributed by atoms with E-state index in [0.29, 0.717) is 19.0 Å².